The molecule has 1 unspecified atom stereocenters. The highest BCUT2D eigenvalue weighted by Crippen LogP contribution is 2.57. The Kier molecular flexibility index (Phi) is 9.08. The van der Waals surface area contributed by atoms with E-state index < -0.39 is 23.5 Å². The number of fused-ring (bicyclic) bond motifs is 6. The van der Waals surface area contributed by atoms with Crippen molar-refractivity contribution in [2.75, 3.05) is 49.3 Å². The smallest absolute Gasteiger partial charge is 0.340 e. The van der Waals surface area contributed by atoms with Gasteiger partial charge in [-0.3, -0.25) is 14.4 Å². The molecular weight excluding hydrogens is 580 g/mol. The van der Waals surface area contributed by atoms with Crippen molar-refractivity contribution in [3.05, 3.63) is 95.7 Å². The lowest BCUT2D eigenvalue weighted by atomic mass is 9.77. The number of benzene rings is 3. The summed E-state index contributed by atoms with van der Waals surface area (Å²) in [6, 6.07) is 18.4. The maximum absolute atomic E-state index is 13.3. The molecule has 11 heteroatoms. The van der Waals surface area contributed by atoms with Gasteiger partial charge >= 0.3 is 23.9 Å². The topological polar surface area (TPSA) is 121 Å². The van der Waals surface area contributed by atoms with E-state index in [2.05, 4.69) is 6.58 Å². The van der Waals surface area contributed by atoms with E-state index in [0.717, 1.165) is 11.4 Å². The Balaban J connectivity index is 1.58. The van der Waals surface area contributed by atoms with E-state index in [1.54, 1.807) is 18.3 Å². The van der Waals surface area contributed by atoms with E-state index in [0.29, 0.717) is 53.4 Å². The molecule has 2 aliphatic rings. The maximum atomic E-state index is 13.3. The minimum atomic E-state index is -1.27. The molecule has 3 aromatic carbocycles. The van der Waals surface area contributed by atoms with Crippen molar-refractivity contribution < 1.29 is 42.9 Å². The van der Waals surface area contributed by atoms with Crippen LogP contribution in [0.15, 0.2) is 73.4 Å². The Bertz CT molecular complexity index is 1630. The second-order valence-corrected chi connectivity index (χ2v) is 10.5. The molecule has 45 heavy (non-hydrogen) atoms. The predicted octanol–water partition coefficient (Wildman–Crippen LogP) is 4.70. The molecule has 11 nitrogen and oxygen atoms in total. The van der Waals surface area contributed by atoms with Crippen LogP contribution in [0.2, 0.25) is 0 Å². The zero-order valence-corrected chi connectivity index (χ0v) is 25.4. The van der Waals surface area contributed by atoms with Gasteiger partial charge in [-0.15, -0.1) is 0 Å². The van der Waals surface area contributed by atoms with E-state index in [-0.39, 0.29) is 25.8 Å². The molecule has 0 fully saturated rings. The summed E-state index contributed by atoms with van der Waals surface area (Å²) < 4.78 is 28.3. The highest BCUT2D eigenvalue weighted by Gasteiger charge is 2.53. The first-order valence-electron chi connectivity index (χ1n) is 14.5. The molecule has 0 aromatic heterocycles. The summed E-state index contributed by atoms with van der Waals surface area (Å²) >= 11 is 0. The van der Waals surface area contributed by atoms with Gasteiger partial charge in [-0.05, 0) is 36.5 Å². The standard InChI is InChI=1S/C34H34N2O9/c1-5-35(14-17-41-22(2)37)25-10-12-29-31(20-25)44-32-21-26(36(15-18-42-23(3)38)16-19-43-24(4)39)11-13-30(32)34(29)28-9-7-6-8-27(28)33(40)45-34/h5-13,20-21H,1,14-19H2,2-4H3. The summed E-state index contributed by atoms with van der Waals surface area (Å²) in [5, 5.41) is 0. The van der Waals surface area contributed by atoms with Gasteiger partial charge in [0.05, 0.1) is 25.2 Å². The average molecular weight is 615 g/mol. The molecule has 0 bridgehead atoms. The van der Waals surface area contributed by atoms with E-state index >= 15 is 0 Å². The van der Waals surface area contributed by atoms with Crippen molar-refractivity contribution in [1.29, 1.82) is 0 Å². The minimum absolute atomic E-state index is 0.124. The van der Waals surface area contributed by atoms with E-state index in [9.17, 15) is 19.2 Å². The molecule has 5 rings (SSSR count). The fourth-order valence-corrected chi connectivity index (χ4v) is 5.61. The van der Waals surface area contributed by atoms with Crippen LogP contribution in [-0.2, 0) is 38.9 Å². The van der Waals surface area contributed by atoms with Crippen LogP contribution in [-0.4, -0.2) is 63.3 Å². The van der Waals surface area contributed by atoms with Gasteiger partial charge in [0.2, 0.25) is 0 Å². The summed E-state index contributed by atoms with van der Waals surface area (Å²) in [5.41, 5.74) is 2.61. The molecule has 0 amide bonds. The van der Waals surface area contributed by atoms with Gasteiger partial charge in [0.25, 0.3) is 0 Å². The SMILES string of the molecule is C=CN(CCOC(C)=O)c1ccc2c(c1)Oc1cc(N(CCOC(C)=O)CCOC(C)=O)ccc1C21OC(=O)c2ccccc21. The molecule has 1 atom stereocenters. The molecule has 0 saturated carbocycles. The number of hydrogen-bond donors (Lipinski definition) is 0. The summed E-state index contributed by atoms with van der Waals surface area (Å²) in [7, 11) is 0. The molecule has 1 spiro atoms. The van der Waals surface area contributed by atoms with Crippen molar-refractivity contribution in [2.45, 2.75) is 26.4 Å². The fraction of sp³-hybridized carbons (Fsp3) is 0.294. The number of carbonyl (C=O) groups is 4. The zero-order valence-electron chi connectivity index (χ0n) is 25.4. The highest BCUT2D eigenvalue weighted by molar-refractivity contribution is 5.97. The molecule has 2 heterocycles. The molecule has 234 valence electrons. The second kappa shape index (κ2) is 13.1. The minimum Gasteiger partial charge on any atom is -0.464 e. The molecule has 0 aliphatic carbocycles. The number of carbonyl (C=O) groups excluding carboxylic acids is 4. The first kappa shape index (κ1) is 31.1. The molecule has 0 saturated heterocycles. The Labute approximate surface area is 260 Å². The summed E-state index contributed by atoms with van der Waals surface area (Å²) in [5.74, 6) is -0.707. The number of ether oxygens (including phenoxy) is 5. The third-order valence-electron chi connectivity index (χ3n) is 7.57. The Morgan fingerprint density at radius 1 is 0.756 bits per heavy atom. The summed E-state index contributed by atoms with van der Waals surface area (Å²) in [6.07, 6.45) is 1.63. The van der Waals surface area contributed by atoms with Crippen LogP contribution in [0.3, 0.4) is 0 Å². The monoisotopic (exact) mass is 614 g/mol. The van der Waals surface area contributed by atoms with Crippen molar-refractivity contribution >= 4 is 35.3 Å². The second-order valence-electron chi connectivity index (χ2n) is 10.5. The zero-order chi connectivity index (χ0) is 32.1. The highest BCUT2D eigenvalue weighted by atomic mass is 16.6. The van der Waals surface area contributed by atoms with E-state index in [1.165, 1.54) is 20.8 Å². The Morgan fingerprint density at radius 2 is 1.29 bits per heavy atom. The van der Waals surface area contributed by atoms with Crippen molar-refractivity contribution in [1.82, 2.24) is 0 Å². The molecule has 2 aliphatic heterocycles. The van der Waals surface area contributed by atoms with Crippen LogP contribution < -0.4 is 14.5 Å². The first-order chi connectivity index (χ1) is 21.6. The van der Waals surface area contributed by atoms with Crippen LogP contribution in [0.4, 0.5) is 11.4 Å². The van der Waals surface area contributed by atoms with Crippen LogP contribution >= 0.6 is 0 Å². The van der Waals surface area contributed by atoms with E-state index in [1.807, 2.05) is 58.3 Å². The molecule has 0 radical (unpaired) electrons. The largest absolute Gasteiger partial charge is 0.464 e. The lowest BCUT2D eigenvalue weighted by Gasteiger charge is -2.37. The number of rotatable bonds is 12. The Hall–Kier alpha value is -5.32. The van der Waals surface area contributed by atoms with Gasteiger partial charge in [0, 0.05) is 61.0 Å². The van der Waals surface area contributed by atoms with Crippen LogP contribution in [0, 0.1) is 0 Å². The van der Waals surface area contributed by atoms with Crippen molar-refractivity contribution in [2.24, 2.45) is 0 Å². The summed E-state index contributed by atoms with van der Waals surface area (Å²) in [6.45, 7) is 9.38. The van der Waals surface area contributed by atoms with Crippen LogP contribution in [0.1, 0.15) is 47.8 Å². The lowest BCUT2D eigenvalue weighted by molar-refractivity contribution is -0.141. The van der Waals surface area contributed by atoms with Crippen LogP contribution in [0.25, 0.3) is 0 Å². The van der Waals surface area contributed by atoms with Gasteiger partial charge in [-0.25, -0.2) is 4.79 Å². The fourth-order valence-electron chi connectivity index (χ4n) is 5.61. The van der Waals surface area contributed by atoms with Gasteiger partial charge in [0.1, 0.15) is 31.3 Å². The predicted molar refractivity (Wildman–Crippen MR) is 164 cm³/mol. The van der Waals surface area contributed by atoms with E-state index in [4.69, 9.17) is 23.7 Å². The average Bonchev–Trinajstić information content (AvgIpc) is 3.30. The molecule has 3 aromatic rings. The third kappa shape index (κ3) is 6.33. The molecular formula is C34H34N2O9. The number of esters is 4. The number of nitrogens with zero attached hydrogens (tertiary/aromatic N) is 2. The quantitative estimate of drug-likeness (QED) is 0.209. The summed E-state index contributed by atoms with van der Waals surface area (Å²) in [4.78, 5) is 51.2. The Morgan fingerprint density at radius 3 is 1.87 bits per heavy atom. The number of anilines is 2. The van der Waals surface area contributed by atoms with Crippen molar-refractivity contribution in [3.63, 3.8) is 0 Å². The number of hydrogen-bond acceptors (Lipinski definition) is 11. The van der Waals surface area contributed by atoms with Gasteiger partial charge < -0.3 is 33.5 Å². The first-order valence-corrected chi connectivity index (χ1v) is 14.5. The van der Waals surface area contributed by atoms with Gasteiger partial charge in [0.15, 0.2) is 5.60 Å². The van der Waals surface area contributed by atoms with Gasteiger partial charge in [-0.2, -0.15) is 0 Å². The normalized spacial score (nSPS) is 15.5. The lowest BCUT2D eigenvalue weighted by Crippen LogP contribution is -2.34. The van der Waals surface area contributed by atoms with Crippen LogP contribution in [0.5, 0.6) is 11.5 Å². The van der Waals surface area contributed by atoms with Gasteiger partial charge in [-0.1, -0.05) is 24.8 Å². The maximum Gasteiger partial charge on any atom is 0.340 e. The third-order valence-corrected chi connectivity index (χ3v) is 7.57. The molecule has 0 N–H and O–H groups in total. The van der Waals surface area contributed by atoms with Crippen molar-refractivity contribution in [3.8, 4) is 11.5 Å².